The van der Waals surface area contributed by atoms with E-state index in [1.165, 1.54) is 5.56 Å². The molecule has 0 saturated heterocycles. The molecule has 0 aromatic heterocycles. The molecule has 2 heteroatoms. The van der Waals surface area contributed by atoms with Crippen molar-refractivity contribution in [3.63, 3.8) is 0 Å². The van der Waals surface area contributed by atoms with E-state index in [0.29, 0.717) is 0 Å². The molecular formula is C13H17ClO. The summed E-state index contributed by atoms with van der Waals surface area (Å²) in [4.78, 5) is 11.2. The third-order valence-electron chi connectivity index (χ3n) is 2.55. The Kier molecular flexibility index (Phi) is 5.41. The minimum atomic E-state index is -0.202. The van der Waals surface area contributed by atoms with E-state index in [1.54, 1.807) is 0 Å². The lowest BCUT2D eigenvalue weighted by atomic mass is 9.95. The molecule has 1 rings (SSSR count). The van der Waals surface area contributed by atoms with Crippen LogP contribution < -0.4 is 0 Å². The van der Waals surface area contributed by atoms with E-state index in [2.05, 4.69) is 6.92 Å². The maximum absolute atomic E-state index is 11.2. The Bertz CT molecular complexity index is 295. The number of carbonyl (C=O) groups is 1. The summed E-state index contributed by atoms with van der Waals surface area (Å²) in [5, 5.41) is -0.202. The van der Waals surface area contributed by atoms with Crippen molar-refractivity contribution in [2.24, 2.45) is 5.92 Å². The van der Waals surface area contributed by atoms with E-state index < -0.39 is 0 Å². The molecular weight excluding hydrogens is 208 g/mol. The van der Waals surface area contributed by atoms with Crippen molar-refractivity contribution in [1.29, 1.82) is 0 Å². The summed E-state index contributed by atoms with van der Waals surface area (Å²) in [5.41, 5.74) is 1.19. The smallest absolute Gasteiger partial charge is 0.225 e. The van der Waals surface area contributed by atoms with Crippen LogP contribution in [-0.2, 0) is 11.2 Å². The molecule has 0 aliphatic rings. The number of carbonyl (C=O) groups excluding carboxylic acids is 1. The third-order valence-corrected chi connectivity index (χ3v) is 2.86. The van der Waals surface area contributed by atoms with Gasteiger partial charge in [0.1, 0.15) is 0 Å². The lowest BCUT2D eigenvalue weighted by Gasteiger charge is -2.11. The average Bonchev–Trinajstić information content (AvgIpc) is 2.25. The lowest BCUT2D eigenvalue weighted by molar-refractivity contribution is -0.115. The molecule has 1 nitrogen and oxygen atoms in total. The molecule has 1 aromatic rings. The van der Waals surface area contributed by atoms with Crippen LogP contribution in [0.3, 0.4) is 0 Å². The highest BCUT2D eigenvalue weighted by atomic mass is 35.5. The van der Waals surface area contributed by atoms with Crippen molar-refractivity contribution in [2.45, 2.75) is 32.6 Å². The van der Waals surface area contributed by atoms with Gasteiger partial charge < -0.3 is 0 Å². The largest absolute Gasteiger partial charge is 0.281 e. The van der Waals surface area contributed by atoms with Crippen LogP contribution in [0.2, 0.25) is 0 Å². The number of hydrogen-bond acceptors (Lipinski definition) is 1. The Labute approximate surface area is 96.5 Å². The summed E-state index contributed by atoms with van der Waals surface area (Å²) in [6.45, 7) is 2.12. The second-order valence-electron chi connectivity index (χ2n) is 3.83. The van der Waals surface area contributed by atoms with Gasteiger partial charge >= 0.3 is 0 Å². The normalized spacial score (nSPS) is 12.4. The van der Waals surface area contributed by atoms with Crippen LogP contribution in [0, 0.1) is 5.92 Å². The predicted octanol–water partition coefficient (Wildman–Crippen LogP) is 3.80. The second-order valence-corrected chi connectivity index (χ2v) is 4.21. The van der Waals surface area contributed by atoms with Gasteiger partial charge in [0, 0.05) is 5.92 Å². The number of benzene rings is 1. The van der Waals surface area contributed by atoms with Gasteiger partial charge in [0.2, 0.25) is 5.24 Å². The van der Waals surface area contributed by atoms with E-state index in [1.807, 2.05) is 30.3 Å². The fraction of sp³-hybridized carbons (Fsp3) is 0.462. The van der Waals surface area contributed by atoms with Crippen molar-refractivity contribution in [1.82, 2.24) is 0 Å². The predicted molar refractivity (Wildman–Crippen MR) is 64.0 cm³/mol. The van der Waals surface area contributed by atoms with Crippen molar-refractivity contribution in [3.8, 4) is 0 Å². The minimum Gasteiger partial charge on any atom is -0.281 e. The van der Waals surface area contributed by atoms with Gasteiger partial charge in [-0.25, -0.2) is 0 Å². The standard InChI is InChI=1S/C13H17ClO/c1-2-3-9-12(13(14)15)10-11-7-5-4-6-8-11/h4-8,12H,2-3,9-10H2,1H3. The van der Waals surface area contributed by atoms with Gasteiger partial charge in [0.15, 0.2) is 0 Å². The van der Waals surface area contributed by atoms with Crippen LogP contribution in [0.5, 0.6) is 0 Å². The first-order valence-corrected chi connectivity index (χ1v) is 5.85. The van der Waals surface area contributed by atoms with E-state index in [-0.39, 0.29) is 11.2 Å². The van der Waals surface area contributed by atoms with Crippen molar-refractivity contribution in [3.05, 3.63) is 35.9 Å². The van der Waals surface area contributed by atoms with Gasteiger partial charge in [-0.15, -0.1) is 0 Å². The van der Waals surface area contributed by atoms with Gasteiger partial charge in [-0.3, -0.25) is 4.79 Å². The highest BCUT2D eigenvalue weighted by Gasteiger charge is 2.15. The van der Waals surface area contributed by atoms with Crippen molar-refractivity contribution in [2.75, 3.05) is 0 Å². The van der Waals surface area contributed by atoms with E-state index in [4.69, 9.17) is 11.6 Å². The highest BCUT2D eigenvalue weighted by Crippen LogP contribution is 2.17. The zero-order chi connectivity index (χ0) is 11.1. The van der Waals surface area contributed by atoms with Crippen LogP contribution in [0.25, 0.3) is 0 Å². The quantitative estimate of drug-likeness (QED) is 0.672. The van der Waals surface area contributed by atoms with Crippen molar-refractivity contribution >= 4 is 16.8 Å². The summed E-state index contributed by atoms with van der Waals surface area (Å²) in [6.07, 6.45) is 3.84. The second kappa shape index (κ2) is 6.62. The Morgan fingerprint density at radius 1 is 1.33 bits per heavy atom. The molecule has 82 valence electrons. The summed E-state index contributed by atoms with van der Waals surface area (Å²) in [5.74, 6) is -0.0194. The molecule has 15 heavy (non-hydrogen) atoms. The van der Waals surface area contributed by atoms with Gasteiger partial charge in [-0.2, -0.15) is 0 Å². The first-order valence-electron chi connectivity index (χ1n) is 5.47. The SMILES string of the molecule is CCCCC(Cc1ccccc1)C(=O)Cl. The summed E-state index contributed by atoms with van der Waals surface area (Å²) in [7, 11) is 0. The molecule has 0 fully saturated rings. The molecule has 0 radical (unpaired) electrons. The zero-order valence-corrected chi connectivity index (χ0v) is 9.83. The third kappa shape index (κ3) is 4.48. The Balaban J connectivity index is 2.55. The van der Waals surface area contributed by atoms with E-state index >= 15 is 0 Å². The first-order chi connectivity index (χ1) is 7.24. The van der Waals surface area contributed by atoms with Crippen LogP contribution in [0.1, 0.15) is 31.7 Å². The first kappa shape index (κ1) is 12.3. The fourth-order valence-corrected chi connectivity index (χ4v) is 1.83. The molecule has 0 aliphatic heterocycles. The van der Waals surface area contributed by atoms with E-state index in [9.17, 15) is 4.79 Å². The molecule has 0 saturated carbocycles. The van der Waals surface area contributed by atoms with Gasteiger partial charge in [-0.1, -0.05) is 50.1 Å². The Morgan fingerprint density at radius 3 is 2.53 bits per heavy atom. The topological polar surface area (TPSA) is 17.1 Å². The van der Waals surface area contributed by atoms with E-state index in [0.717, 1.165) is 25.7 Å². The Hall–Kier alpha value is -0.820. The molecule has 0 spiro atoms. The van der Waals surface area contributed by atoms with Gasteiger partial charge in [0.05, 0.1) is 0 Å². The summed E-state index contributed by atoms with van der Waals surface area (Å²) >= 11 is 5.59. The molecule has 1 atom stereocenters. The average molecular weight is 225 g/mol. The molecule has 1 unspecified atom stereocenters. The fourth-order valence-electron chi connectivity index (χ4n) is 1.64. The highest BCUT2D eigenvalue weighted by molar-refractivity contribution is 6.64. The molecule has 0 bridgehead atoms. The summed E-state index contributed by atoms with van der Waals surface area (Å²) in [6, 6.07) is 10.0. The molecule has 0 amide bonds. The maximum Gasteiger partial charge on any atom is 0.225 e. The number of hydrogen-bond donors (Lipinski definition) is 0. The lowest BCUT2D eigenvalue weighted by Crippen LogP contribution is -2.12. The summed E-state index contributed by atoms with van der Waals surface area (Å²) < 4.78 is 0. The molecule has 0 N–H and O–H groups in total. The zero-order valence-electron chi connectivity index (χ0n) is 9.08. The molecule has 0 aliphatic carbocycles. The maximum atomic E-state index is 11.2. The van der Waals surface area contributed by atoms with Crippen LogP contribution >= 0.6 is 11.6 Å². The Morgan fingerprint density at radius 2 is 2.00 bits per heavy atom. The van der Waals surface area contributed by atoms with Crippen LogP contribution in [0.4, 0.5) is 0 Å². The molecule has 0 heterocycles. The minimum absolute atomic E-state index is 0.0194. The van der Waals surface area contributed by atoms with Gasteiger partial charge in [-0.05, 0) is 30.0 Å². The molecule has 1 aromatic carbocycles. The number of unbranched alkanes of at least 4 members (excludes halogenated alkanes) is 1. The monoisotopic (exact) mass is 224 g/mol. The number of rotatable bonds is 6. The number of halogens is 1. The van der Waals surface area contributed by atoms with Gasteiger partial charge in [0.25, 0.3) is 0 Å². The van der Waals surface area contributed by atoms with Crippen LogP contribution in [-0.4, -0.2) is 5.24 Å². The van der Waals surface area contributed by atoms with Crippen molar-refractivity contribution < 1.29 is 4.79 Å². The van der Waals surface area contributed by atoms with Crippen LogP contribution in [0.15, 0.2) is 30.3 Å².